The predicted molar refractivity (Wildman–Crippen MR) is 77.3 cm³/mol. The molecule has 0 bridgehead atoms. The molecule has 0 radical (unpaired) electrons. The van der Waals surface area contributed by atoms with E-state index < -0.39 is 0 Å². The molecule has 2 rings (SSSR count). The largest absolute Gasteiger partial charge is 0.372 e. The average molecular weight is 268 g/mol. The zero-order valence-electron chi connectivity index (χ0n) is 11.5. The Hall–Kier alpha value is -0.800. The quantitative estimate of drug-likeness (QED) is 0.765. The molecule has 0 N–H and O–H groups in total. The molecule has 100 valence electrons. The lowest BCUT2D eigenvalue weighted by molar-refractivity contribution is 0.0683. The van der Waals surface area contributed by atoms with Crippen LogP contribution < -0.4 is 4.90 Å². The number of alkyl halides is 1. The van der Waals surface area contributed by atoms with Crippen molar-refractivity contribution in [3.05, 3.63) is 24.0 Å². The number of aromatic nitrogens is 1. The summed E-state index contributed by atoms with van der Waals surface area (Å²) >= 11 is 5.98. The molecule has 1 aromatic rings. The Labute approximate surface area is 115 Å². The Morgan fingerprint density at radius 3 is 2.56 bits per heavy atom. The number of nitrogens with zero attached hydrogens (tertiary/aromatic N) is 3. The van der Waals surface area contributed by atoms with E-state index in [1.54, 1.807) is 0 Å². The maximum Gasteiger partial charge on any atom is 0.0509 e. The van der Waals surface area contributed by atoms with Crippen LogP contribution in [0.1, 0.15) is 24.8 Å². The van der Waals surface area contributed by atoms with Gasteiger partial charge in [0.25, 0.3) is 0 Å². The molecule has 0 atom stereocenters. The van der Waals surface area contributed by atoms with Crippen LogP contribution in [0.15, 0.2) is 18.5 Å². The Morgan fingerprint density at radius 2 is 2.06 bits per heavy atom. The first kappa shape index (κ1) is 13.6. The molecule has 1 saturated carbocycles. The number of likely N-dealkylation sites (N-methyl/N-ethyl adjacent to an activating group) is 2. The molecule has 0 aromatic carbocycles. The third-order valence-electron chi connectivity index (χ3n) is 4.20. The zero-order chi connectivity index (χ0) is 13.2. The van der Waals surface area contributed by atoms with Crippen LogP contribution in [0.4, 0.5) is 5.69 Å². The number of halogens is 1. The van der Waals surface area contributed by atoms with Crippen LogP contribution in [0.2, 0.25) is 0 Å². The second kappa shape index (κ2) is 5.45. The summed E-state index contributed by atoms with van der Waals surface area (Å²) in [7, 11) is 6.51. The van der Waals surface area contributed by atoms with Crippen LogP contribution in [0.3, 0.4) is 0 Å². The second-order valence-electron chi connectivity index (χ2n) is 5.47. The predicted octanol–water partition coefficient (Wildman–Crippen LogP) is 2.74. The molecule has 0 amide bonds. The van der Waals surface area contributed by atoms with Crippen molar-refractivity contribution < 1.29 is 0 Å². The van der Waals surface area contributed by atoms with Gasteiger partial charge in [-0.2, -0.15) is 0 Å². The minimum absolute atomic E-state index is 0.335. The average Bonchev–Trinajstić information content (AvgIpc) is 2.33. The van der Waals surface area contributed by atoms with Crippen LogP contribution in [0.25, 0.3) is 0 Å². The van der Waals surface area contributed by atoms with E-state index in [1.807, 2.05) is 12.4 Å². The molecule has 1 aromatic heterocycles. The minimum atomic E-state index is 0.335. The lowest BCUT2D eigenvalue weighted by Crippen LogP contribution is -2.56. The fraction of sp³-hybridized carbons (Fsp3) is 0.643. The summed E-state index contributed by atoms with van der Waals surface area (Å²) in [5.74, 6) is 0.516. The van der Waals surface area contributed by atoms with E-state index in [1.165, 1.54) is 24.9 Å². The molecule has 18 heavy (non-hydrogen) atoms. The molecule has 0 spiro atoms. The summed E-state index contributed by atoms with van der Waals surface area (Å²) in [6.07, 6.45) is 7.61. The molecule has 1 fully saturated rings. The van der Waals surface area contributed by atoms with Crippen LogP contribution in [0.5, 0.6) is 0 Å². The van der Waals surface area contributed by atoms with Crippen molar-refractivity contribution in [2.24, 2.45) is 0 Å². The first-order valence-electron chi connectivity index (χ1n) is 6.46. The van der Waals surface area contributed by atoms with Crippen molar-refractivity contribution in [3.63, 3.8) is 0 Å². The van der Waals surface area contributed by atoms with E-state index in [2.05, 4.69) is 42.0 Å². The molecule has 3 nitrogen and oxygen atoms in total. The van der Waals surface area contributed by atoms with Crippen molar-refractivity contribution in [2.75, 3.05) is 32.6 Å². The van der Waals surface area contributed by atoms with Gasteiger partial charge in [-0.1, -0.05) is 0 Å². The highest BCUT2D eigenvalue weighted by atomic mass is 35.5. The molecule has 4 heteroatoms. The van der Waals surface area contributed by atoms with Gasteiger partial charge in [-0.05, 0) is 39.4 Å². The Morgan fingerprint density at radius 1 is 1.33 bits per heavy atom. The first-order chi connectivity index (χ1) is 8.59. The topological polar surface area (TPSA) is 19.4 Å². The summed E-state index contributed by atoms with van der Waals surface area (Å²) in [6, 6.07) is 2.06. The molecule has 0 saturated heterocycles. The first-order valence-corrected chi connectivity index (χ1v) is 7.00. The molecule has 1 aliphatic rings. The molecule has 0 unspecified atom stereocenters. The third-order valence-corrected chi connectivity index (χ3v) is 4.49. The van der Waals surface area contributed by atoms with Gasteiger partial charge < -0.3 is 9.80 Å². The van der Waals surface area contributed by atoms with Gasteiger partial charge in [0.2, 0.25) is 0 Å². The lowest BCUT2D eigenvalue weighted by Gasteiger charge is -2.49. The molecule has 1 heterocycles. The monoisotopic (exact) mass is 267 g/mol. The van der Waals surface area contributed by atoms with Gasteiger partial charge in [-0.3, -0.25) is 4.98 Å². The summed E-state index contributed by atoms with van der Waals surface area (Å²) in [5.41, 5.74) is 2.64. The Bertz CT molecular complexity index is 402. The molecular formula is C14H22ClN3. The SMILES string of the molecule is CN(CC1(N(C)C)CCC1)c1ccncc1CCl. The summed E-state index contributed by atoms with van der Waals surface area (Å²) in [5, 5.41) is 0. The van der Waals surface area contributed by atoms with Crippen molar-refractivity contribution >= 4 is 17.3 Å². The summed E-state index contributed by atoms with van der Waals surface area (Å²) in [4.78, 5) is 8.83. The standard InChI is InChI=1S/C14H22ClN3/c1-17(2)14(6-4-7-14)11-18(3)13-5-8-16-10-12(13)9-15/h5,8,10H,4,6-7,9,11H2,1-3H3. The summed E-state index contributed by atoms with van der Waals surface area (Å²) < 4.78 is 0. The lowest BCUT2D eigenvalue weighted by atomic mass is 9.75. The fourth-order valence-electron chi connectivity index (χ4n) is 2.75. The van der Waals surface area contributed by atoms with Crippen molar-refractivity contribution in [1.82, 2.24) is 9.88 Å². The van der Waals surface area contributed by atoms with Gasteiger partial charge in [-0.15, -0.1) is 11.6 Å². The van der Waals surface area contributed by atoms with Crippen molar-refractivity contribution in [1.29, 1.82) is 0 Å². The van der Waals surface area contributed by atoms with Gasteiger partial charge in [-0.25, -0.2) is 0 Å². The second-order valence-corrected chi connectivity index (χ2v) is 5.73. The van der Waals surface area contributed by atoms with Crippen molar-refractivity contribution in [3.8, 4) is 0 Å². The highest BCUT2D eigenvalue weighted by Crippen LogP contribution is 2.37. The summed E-state index contributed by atoms with van der Waals surface area (Å²) in [6.45, 7) is 1.05. The van der Waals surface area contributed by atoms with Gasteiger partial charge in [0.05, 0.1) is 5.88 Å². The van der Waals surface area contributed by atoms with Crippen LogP contribution in [-0.4, -0.2) is 43.1 Å². The van der Waals surface area contributed by atoms with E-state index in [0.29, 0.717) is 11.4 Å². The van der Waals surface area contributed by atoms with Crippen molar-refractivity contribution in [2.45, 2.75) is 30.7 Å². The number of anilines is 1. The minimum Gasteiger partial charge on any atom is -0.372 e. The molecular weight excluding hydrogens is 246 g/mol. The number of hydrogen-bond acceptors (Lipinski definition) is 3. The number of hydrogen-bond donors (Lipinski definition) is 0. The smallest absolute Gasteiger partial charge is 0.0509 e. The van der Waals surface area contributed by atoms with Crippen LogP contribution >= 0.6 is 11.6 Å². The van der Waals surface area contributed by atoms with Crippen LogP contribution in [0, 0.1) is 0 Å². The molecule has 0 aliphatic heterocycles. The highest BCUT2D eigenvalue weighted by molar-refractivity contribution is 6.17. The number of pyridine rings is 1. The highest BCUT2D eigenvalue weighted by Gasteiger charge is 2.40. The Kier molecular flexibility index (Phi) is 4.13. The van der Waals surface area contributed by atoms with Gasteiger partial charge in [0.1, 0.15) is 0 Å². The van der Waals surface area contributed by atoms with E-state index in [4.69, 9.17) is 11.6 Å². The van der Waals surface area contributed by atoms with E-state index in [-0.39, 0.29) is 0 Å². The molecule has 1 aliphatic carbocycles. The zero-order valence-corrected chi connectivity index (χ0v) is 12.2. The van der Waals surface area contributed by atoms with E-state index in [9.17, 15) is 0 Å². The van der Waals surface area contributed by atoms with Gasteiger partial charge in [0.15, 0.2) is 0 Å². The van der Waals surface area contributed by atoms with Gasteiger partial charge >= 0.3 is 0 Å². The third kappa shape index (κ3) is 2.47. The Balaban J connectivity index is 2.14. The number of rotatable bonds is 5. The van der Waals surface area contributed by atoms with E-state index in [0.717, 1.165) is 12.1 Å². The van der Waals surface area contributed by atoms with Crippen LogP contribution in [-0.2, 0) is 5.88 Å². The fourth-order valence-corrected chi connectivity index (χ4v) is 2.96. The normalized spacial score (nSPS) is 17.6. The maximum atomic E-state index is 5.98. The maximum absolute atomic E-state index is 5.98. The van der Waals surface area contributed by atoms with Gasteiger partial charge in [0, 0.05) is 42.8 Å². The van der Waals surface area contributed by atoms with E-state index >= 15 is 0 Å².